The fourth-order valence-electron chi connectivity index (χ4n) is 0.782. The van der Waals surface area contributed by atoms with Crippen LogP contribution < -0.4 is 17.2 Å². The van der Waals surface area contributed by atoms with Crippen LogP contribution in [-0.2, 0) is 14.4 Å². The number of carboxylic acids is 3. The molecule has 144 valence electrons. The maximum atomic E-state index is 10.2. The summed E-state index contributed by atoms with van der Waals surface area (Å²) >= 11 is 3.65. The van der Waals surface area contributed by atoms with E-state index in [0.29, 0.717) is 0 Å². The zero-order valence-electron chi connectivity index (χ0n) is 14.0. The molecule has 0 aliphatic rings. The van der Waals surface area contributed by atoms with Crippen LogP contribution in [0.5, 0.6) is 0 Å². The topological polar surface area (TPSA) is 210 Å². The quantitative estimate of drug-likeness (QED) is 0.244. The van der Waals surface area contributed by atoms with Gasteiger partial charge in [0.05, 0.1) is 6.10 Å². The Morgan fingerprint density at radius 1 is 0.917 bits per heavy atom. The Morgan fingerprint density at radius 3 is 1.33 bits per heavy atom. The van der Waals surface area contributed by atoms with Gasteiger partial charge in [0.1, 0.15) is 18.1 Å². The highest BCUT2D eigenvalue weighted by Gasteiger charge is 2.17. The first-order valence-corrected chi connectivity index (χ1v) is 7.70. The molecule has 11 heteroatoms. The zero-order chi connectivity index (χ0) is 20.0. The van der Waals surface area contributed by atoms with Crippen molar-refractivity contribution >= 4 is 30.5 Å². The molecule has 0 radical (unpaired) electrons. The molecule has 5 atom stereocenters. The monoisotopic (exact) mass is 371 g/mol. The Balaban J connectivity index is -0.000000278. The number of nitrogens with two attached hydrogens (primary N) is 3. The zero-order valence-corrected chi connectivity index (χ0v) is 14.9. The van der Waals surface area contributed by atoms with Gasteiger partial charge in [-0.25, -0.2) is 0 Å². The van der Waals surface area contributed by atoms with Gasteiger partial charge in [-0.15, -0.1) is 0 Å². The maximum absolute atomic E-state index is 10.2. The van der Waals surface area contributed by atoms with E-state index >= 15 is 0 Å². The van der Waals surface area contributed by atoms with Gasteiger partial charge in [0.15, 0.2) is 0 Å². The fourth-order valence-corrected chi connectivity index (χ4v) is 0.938. The third kappa shape index (κ3) is 15.5. The molecule has 0 heterocycles. The number of hydrogen-bond donors (Lipinski definition) is 8. The predicted octanol–water partition coefficient (Wildman–Crippen LogP) is -1.45. The Morgan fingerprint density at radius 2 is 1.29 bits per heavy atom. The van der Waals surface area contributed by atoms with E-state index in [2.05, 4.69) is 12.6 Å². The van der Waals surface area contributed by atoms with Crippen LogP contribution >= 0.6 is 12.6 Å². The number of hydrogen-bond acceptors (Lipinski definition) is 8. The van der Waals surface area contributed by atoms with Crippen molar-refractivity contribution in [3.63, 3.8) is 0 Å². The summed E-state index contributed by atoms with van der Waals surface area (Å²) in [5.41, 5.74) is 15.1. The molecule has 24 heavy (non-hydrogen) atoms. The molecule has 0 fully saturated rings. The maximum Gasteiger partial charge on any atom is 0.323 e. The highest BCUT2D eigenvalue weighted by molar-refractivity contribution is 7.80. The Bertz CT molecular complexity index is 383. The van der Waals surface area contributed by atoms with Gasteiger partial charge in [-0.3, -0.25) is 14.4 Å². The van der Waals surface area contributed by atoms with Crippen LogP contribution in [0.1, 0.15) is 27.2 Å². The third-order valence-electron chi connectivity index (χ3n) is 2.86. The lowest BCUT2D eigenvalue weighted by Crippen LogP contribution is -2.39. The minimum Gasteiger partial charge on any atom is -0.480 e. The number of aliphatic hydroxyl groups excluding tert-OH is 1. The van der Waals surface area contributed by atoms with Crippen molar-refractivity contribution in [3.05, 3.63) is 0 Å². The summed E-state index contributed by atoms with van der Waals surface area (Å²) in [5.74, 6) is -2.84. The lowest BCUT2D eigenvalue weighted by atomic mass is 10.0. The molecule has 10 nitrogen and oxygen atoms in total. The average Bonchev–Trinajstić information content (AvgIpc) is 2.52. The molecule has 0 rings (SSSR count). The normalized spacial score (nSPS) is 16.0. The number of aliphatic hydroxyl groups is 1. The number of aliphatic carboxylic acids is 3. The van der Waals surface area contributed by atoms with Gasteiger partial charge in [0.2, 0.25) is 0 Å². The van der Waals surface area contributed by atoms with E-state index in [0.717, 1.165) is 6.42 Å². The van der Waals surface area contributed by atoms with Crippen molar-refractivity contribution in [1.82, 2.24) is 0 Å². The van der Waals surface area contributed by atoms with E-state index in [9.17, 15) is 14.4 Å². The molecule has 0 spiro atoms. The van der Waals surface area contributed by atoms with Crippen molar-refractivity contribution in [2.45, 2.75) is 51.4 Å². The van der Waals surface area contributed by atoms with E-state index in [1.807, 2.05) is 13.8 Å². The molecule has 0 saturated heterocycles. The van der Waals surface area contributed by atoms with Crippen molar-refractivity contribution in [2.75, 3.05) is 5.75 Å². The van der Waals surface area contributed by atoms with Crippen LogP contribution in [-0.4, -0.2) is 68.3 Å². The number of carbonyl (C=O) groups is 3. The molecular formula is C13H29N3O7S. The van der Waals surface area contributed by atoms with Crippen molar-refractivity contribution in [2.24, 2.45) is 23.1 Å². The molecule has 0 aliphatic carbocycles. The first kappa shape index (κ1) is 27.4. The SMILES string of the molecule is CC[C@H](C)[C@H](N)C(=O)O.C[C@@H](O)[C@H](N)C(=O)O.N[C@@H](CS)C(=O)O. The molecule has 0 aromatic heterocycles. The number of rotatable bonds is 7. The largest absolute Gasteiger partial charge is 0.480 e. The van der Waals surface area contributed by atoms with Gasteiger partial charge in [0.25, 0.3) is 0 Å². The van der Waals surface area contributed by atoms with Gasteiger partial charge in [-0.2, -0.15) is 12.6 Å². The minimum atomic E-state index is -1.18. The average molecular weight is 371 g/mol. The summed E-state index contributed by atoms with van der Waals surface area (Å²) in [6.07, 6.45) is -0.166. The molecule has 0 aromatic rings. The number of thiol groups is 1. The van der Waals surface area contributed by atoms with Gasteiger partial charge in [-0.05, 0) is 12.8 Å². The smallest absolute Gasteiger partial charge is 0.323 e. The second kappa shape index (κ2) is 15.1. The highest BCUT2D eigenvalue weighted by Crippen LogP contribution is 2.04. The molecule has 0 saturated carbocycles. The van der Waals surface area contributed by atoms with Crippen LogP contribution in [0.25, 0.3) is 0 Å². The first-order chi connectivity index (χ1) is 10.8. The van der Waals surface area contributed by atoms with Crippen molar-refractivity contribution in [1.29, 1.82) is 0 Å². The van der Waals surface area contributed by atoms with Crippen molar-refractivity contribution in [3.8, 4) is 0 Å². The van der Waals surface area contributed by atoms with Gasteiger partial charge in [-0.1, -0.05) is 20.3 Å². The van der Waals surface area contributed by atoms with Gasteiger partial charge < -0.3 is 37.6 Å². The van der Waals surface area contributed by atoms with E-state index in [1.165, 1.54) is 6.92 Å². The molecular weight excluding hydrogens is 342 g/mol. The lowest BCUT2D eigenvalue weighted by molar-refractivity contribution is -0.141. The van der Waals surface area contributed by atoms with Crippen LogP contribution in [0.4, 0.5) is 0 Å². The Hall–Kier alpha value is -1.40. The van der Waals surface area contributed by atoms with E-state index < -0.39 is 42.1 Å². The second-order valence-electron chi connectivity index (χ2n) is 4.98. The number of carboxylic acid groups (broad SMARTS) is 3. The summed E-state index contributed by atoms with van der Waals surface area (Å²) < 4.78 is 0. The molecule has 0 aliphatic heterocycles. The van der Waals surface area contributed by atoms with E-state index in [1.54, 1.807) is 0 Å². The third-order valence-corrected chi connectivity index (χ3v) is 3.25. The molecule has 0 amide bonds. The first-order valence-electron chi connectivity index (χ1n) is 7.07. The van der Waals surface area contributed by atoms with Gasteiger partial charge in [0, 0.05) is 5.75 Å². The van der Waals surface area contributed by atoms with Crippen LogP contribution in [0.15, 0.2) is 0 Å². The summed E-state index contributed by atoms with van der Waals surface area (Å²) in [4.78, 5) is 29.8. The van der Waals surface area contributed by atoms with Gasteiger partial charge >= 0.3 is 17.9 Å². The Kier molecular flexibility index (Phi) is 17.3. The highest BCUT2D eigenvalue weighted by atomic mass is 32.1. The fraction of sp³-hybridized carbons (Fsp3) is 0.769. The summed E-state index contributed by atoms with van der Waals surface area (Å²) in [6, 6.07) is -2.67. The van der Waals surface area contributed by atoms with Crippen molar-refractivity contribution < 1.29 is 34.8 Å². The van der Waals surface area contributed by atoms with E-state index in [4.69, 9.17) is 37.6 Å². The van der Waals surface area contributed by atoms with E-state index in [-0.39, 0.29) is 11.7 Å². The molecule has 0 unspecified atom stereocenters. The minimum absolute atomic E-state index is 0.0718. The summed E-state index contributed by atoms with van der Waals surface area (Å²) in [5, 5.41) is 32.9. The molecule has 0 aromatic carbocycles. The molecule has 10 N–H and O–H groups in total. The van der Waals surface area contributed by atoms with Crippen LogP contribution in [0.3, 0.4) is 0 Å². The summed E-state index contributed by atoms with van der Waals surface area (Å²) in [6.45, 7) is 5.09. The van der Waals surface area contributed by atoms with Crippen LogP contribution in [0.2, 0.25) is 0 Å². The Labute approximate surface area is 146 Å². The predicted molar refractivity (Wildman–Crippen MR) is 91.8 cm³/mol. The lowest BCUT2D eigenvalue weighted by Gasteiger charge is -2.11. The standard InChI is InChI=1S/C6H13NO2.C4H9NO3.C3H7NO2S/c1-3-4(2)5(7)6(8)9;1-2(6)3(5)4(7)8;4-2(1-7)3(5)6/h4-5H,3,7H2,1-2H3,(H,8,9);2-3,6H,5H2,1H3,(H,7,8);2,7H,1,4H2,(H,5,6)/t4-,5-;2-,3+;2-/m010/s1. The van der Waals surface area contributed by atoms with Crippen LogP contribution in [0, 0.1) is 5.92 Å². The second-order valence-corrected chi connectivity index (χ2v) is 5.35. The summed E-state index contributed by atoms with van der Waals surface area (Å²) in [7, 11) is 0. The molecule has 0 bridgehead atoms.